The Morgan fingerprint density at radius 2 is 1.80 bits per heavy atom. The molecule has 4 aromatic rings. The number of sulfonamides is 1. The zero-order valence-corrected chi connectivity index (χ0v) is 23.7. The molecule has 1 unspecified atom stereocenters. The summed E-state index contributed by atoms with van der Waals surface area (Å²) in [5.74, 6) is -0.461. The van der Waals surface area contributed by atoms with E-state index >= 15 is 0 Å². The van der Waals surface area contributed by atoms with Crippen molar-refractivity contribution in [3.8, 4) is 5.75 Å². The summed E-state index contributed by atoms with van der Waals surface area (Å²) in [6.07, 6.45) is -4.08. The topological polar surface area (TPSA) is 143 Å². The van der Waals surface area contributed by atoms with Gasteiger partial charge in [0, 0.05) is 24.0 Å². The third-order valence-electron chi connectivity index (χ3n) is 6.67. The van der Waals surface area contributed by atoms with Crippen LogP contribution in [0, 0.1) is 0 Å². The molecule has 230 valence electrons. The minimum Gasteiger partial charge on any atom is -0.486 e. The van der Waals surface area contributed by atoms with Crippen LogP contribution in [0.3, 0.4) is 0 Å². The van der Waals surface area contributed by atoms with E-state index in [9.17, 15) is 31.2 Å². The quantitative estimate of drug-likeness (QED) is 0.244. The summed E-state index contributed by atoms with van der Waals surface area (Å²) >= 11 is 0. The number of hydrogen-bond donors (Lipinski definition) is 3. The number of anilines is 2. The number of hydrogen-bond acceptors (Lipinski definition) is 6. The number of alkyl halides is 3. The first-order valence-electron chi connectivity index (χ1n) is 13.2. The van der Waals surface area contributed by atoms with Gasteiger partial charge in [0.15, 0.2) is 0 Å². The number of fused-ring (bicyclic) bond motifs is 1. The first-order valence-corrected chi connectivity index (χ1v) is 14.6. The smallest absolute Gasteiger partial charge is 0.416 e. The molecule has 15 heteroatoms. The Bertz CT molecular complexity index is 1780. The zero-order valence-electron chi connectivity index (χ0n) is 22.9. The molecule has 44 heavy (non-hydrogen) atoms. The monoisotopic (exact) mass is 629 g/mol. The Kier molecular flexibility index (Phi) is 8.49. The number of nitrogens with zero attached hydrogens (tertiary/aromatic N) is 3. The maximum absolute atomic E-state index is 13.7. The molecule has 0 bridgehead atoms. The number of nitrogens with one attached hydrogen (secondary N) is 2. The van der Waals surface area contributed by atoms with E-state index in [2.05, 4.69) is 15.7 Å². The second-order valence-electron chi connectivity index (χ2n) is 9.93. The summed E-state index contributed by atoms with van der Waals surface area (Å²) in [7, 11) is -4.62. The van der Waals surface area contributed by atoms with Gasteiger partial charge in [-0.2, -0.15) is 18.3 Å². The van der Waals surface area contributed by atoms with Crippen molar-refractivity contribution >= 4 is 33.4 Å². The van der Waals surface area contributed by atoms with Crippen molar-refractivity contribution in [2.75, 3.05) is 16.2 Å². The fraction of sp³-hybridized carbons (Fsp3) is 0.207. The fourth-order valence-electron chi connectivity index (χ4n) is 4.64. The second kappa shape index (κ2) is 12.3. The Balaban J connectivity index is 1.33. The molecule has 1 aliphatic heterocycles. The molecule has 2 heterocycles. The van der Waals surface area contributed by atoms with Crippen LogP contribution in [0.25, 0.3) is 0 Å². The van der Waals surface area contributed by atoms with Gasteiger partial charge in [-0.1, -0.05) is 36.4 Å². The van der Waals surface area contributed by atoms with E-state index in [1.54, 1.807) is 17.1 Å². The zero-order chi connectivity index (χ0) is 31.5. The number of aromatic nitrogens is 2. The van der Waals surface area contributed by atoms with Crippen LogP contribution in [0.5, 0.6) is 5.75 Å². The highest BCUT2D eigenvalue weighted by molar-refractivity contribution is 7.92. The summed E-state index contributed by atoms with van der Waals surface area (Å²) in [4.78, 5) is 23.4. The molecular formula is C29H26F3N5O6S. The number of amides is 2. The third kappa shape index (κ3) is 7.11. The molecule has 11 nitrogen and oxygen atoms in total. The molecule has 0 aliphatic carbocycles. The van der Waals surface area contributed by atoms with Gasteiger partial charge in [0.1, 0.15) is 11.9 Å². The van der Waals surface area contributed by atoms with Crippen molar-refractivity contribution in [2.45, 2.75) is 36.7 Å². The number of carbonyl (C=O) groups is 2. The Morgan fingerprint density at radius 1 is 1.02 bits per heavy atom. The van der Waals surface area contributed by atoms with Gasteiger partial charge in [-0.3, -0.25) is 19.1 Å². The summed E-state index contributed by atoms with van der Waals surface area (Å²) in [6.45, 7) is 0.266. The van der Waals surface area contributed by atoms with Crippen LogP contribution in [0.4, 0.5) is 29.3 Å². The number of ether oxygens (including phenoxy) is 1. The van der Waals surface area contributed by atoms with E-state index in [0.717, 1.165) is 33.6 Å². The van der Waals surface area contributed by atoms with E-state index in [0.29, 0.717) is 12.6 Å². The van der Waals surface area contributed by atoms with Crippen LogP contribution in [0.15, 0.2) is 90.1 Å². The lowest BCUT2D eigenvalue weighted by Crippen LogP contribution is -2.45. The van der Waals surface area contributed by atoms with Crippen LogP contribution >= 0.6 is 0 Å². The number of carboxylic acid groups (broad SMARTS) is 1. The molecule has 1 atom stereocenters. The van der Waals surface area contributed by atoms with E-state index in [1.165, 1.54) is 18.2 Å². The fourth-order valence-corrected chi connectivity index (χ4v) is 6.19. The minimum absolute atomic E-state index is 0.00253. The molecule has 0 spiro atoms. The van der Waals surface area contributed by atoms with Gasteiger partial charge in [-0.25, -0.2) is 13.2 Å². The van der Waals surface area contributed by atoms with Gasteiger partial charge in [0.05, 0.1) is 41.9 Å². The molecule has 0 saturated carbocycles. The average molecular weight is 630 g/mol. The van der Waals surface area contributed by atoms with Crippen LogP contribution in [-0.4, -0.2) is 48.0 Å². The van der Waals surface area contributed by atoms with Gasteiger partial charge >= 0.3 is 12.3 Å². The van der Waals surface area contributed by atoms with Crippen molar-refractivity contribution in [1.82, 2.24) is 15.1 Å². The SMILES string of the molecule is O=C(O)Nc1ccc2c(c1)N(S(=O)(=O)c1cccc(C(F)(F)F)c1)CC(CC(=O)NCc1cnn(Cc3ccccc3)c1)O2. The summed E-state index contributed by atoms with van der Waals surface area (Å²) in [5.41, 5.74) is 0.536. The molecule has 3 aromatic carbocycles. The number of halogens is 3. The molecule has 0 radical (unpaired) electrons. The number of rotatable bonds is 9. The second-order valence-corrected chi connectivity index (χ2v) is 11.8. The van der Waals surface area contributed by atoms with Crippen LogP contribution in [0.1, 0.15) is 23.1 Å². The van der Waals surface area contributed by atoms with E-state index in [-0.39, 0.29) is 30.1 Å². The normalized spacial score (nSPS) is 14.8. The van der Waals surface area contributed by atoms with Gasteiger partial charge in [0.2, 0.25) is 5.91 Å². The van der Waals surface area contributed by atoms with Gasteiger partial charge in [0.25, 0.3) is 10.0 Å². The highest BCUT2D eigenvalue weighted by Gasteiger charge is 2.37. The maximum atomic E-state index is 13.7. The standard InChI is InChI=1S/C29H26F3N5O6S/c30-29(31,32)21-7-4-8-24(11-21)44(41,42)37-18-23(43-26-10-9-22(12-25(26)37)35-28(39)40)13-27(38)33-14-20-15-34-36(17-20)16-19-5-2-1-3-6-19/h1-12,15,17,23,35H,13-14,16,18H2,(H,33,38)(H,39,40). The predicted molar refractivity (Wildman–Crippen MR) is 153 cm³/mol. The molecule has 3 N–H and O–H groups in total. The Hall–Kier alpha value is -5.05. The van der Waals surface area contributed by atoms with E-state index in [4.69, 9.17) is 9.84 Å². The van der Waals surface area contributed by atoms with Crippen molar-refractivity contribution < 1.29 is 41.0 Å². The molecule has 0 fully saturated rings. The Morgan fingerprint density at radius 3 is 2.52 bits per heavy atom. The lowest BCUT2D eigenvalue weighted by Gasteiger charge is -2.35. The maximum Gasteiger partial charge on any atom is 0.416 e. The largest absolute Gasteiger partial charge is 0.486 e. The van der Waals surface area contributed by atoms with Gasteiger partial charge in [-0.05, 0) is 42.0 Å². The third-order valence-corrected chi connectivity index (χ3v) is 8.44. The minimum atomic E-state index is -4.79. The lowest BCUT2D eigenvalue weighted by atomic mass is 10.1. The molecule has 2 amide bonds. The highest BCUT2D eigenvalue weighted by atomic mass is 32.2. The number of carbonyl (C=O) groups excluding carboxylic acids is 1. The van der Waals surface area contributed by atoms with Gasteiger partial charge in [-0.15, -0.1) is 0 Å². The summed E-state index contributed by atoms with van der Waals surface area (Å²) in [6, 6.07) is 16.8. The number of benzene rings is 3. The average Bonchev–Trinajstić information content (AvgIpc) is 3.43. The van der Waals surface area contributed by atoms with Crippen molar-refractivity contribution in [3.63, 3.8) is 0 Å². The summed E-state index contributed by atoms with van der Waals surface area (Å²) in [5, 5.41) is 18.2. The van der Waals surface area contributed by atoms with Crippen LogP contribution < -0.4 is 19.7 Å². The summed E-state index contributed by atoms with van der Waals surface area (Å²) < 4.78 is 75.9. The first-order chi connectivity index (χ1) is 20.9. The highest BCUT2D eigenvalue weighted by Crippen LogP contribution is 2.40. The Labute approximate surface area is 249 Å². The van der Waals surface area contributed by atoms with Crippen molar-refractivity contribution in [2.24, 2.45) is 0 Å². The molecule has 1 aliphatic rings. The lowest BCUT2D eigenvalue weighted by molar-refractivity contribution is -0.137. The van der Waals surface area contributed by atoms with Crippen LogP contribution in [0.2, 0.25) is 0 Å². The van der Waals surface area contributed by atoms with Crippen LogP contribution in [-0.2, 0) is 34.1 Å². The van der Waals surface area contributed by atoms with Crippen molar-refractivity contribution in [1.29, 1.82) is 0 Å². The van der Waals surface area contributed by atoms with Crippen molar-refractivity contribution in [3.05, 3.63) is 102 Å². The van der Waals surface area contributed by atoms with E-state index in [1.807, 2.05) is 30.3 Å². The first kappa shape index (κ1) is 30.4. The molecular weight excluding hydrogens is 603 g/mol. The van der Waals surface area contributed by atoms with Gasteiger partial charge < -0.3 is 15.2 Å². The molecule has 0 saturated heterocycles. The molecule has 1 aromatic heterocycles. The van der Waals surface area contributed by atoms with E-state index < -0.39 is 51.3 Å². The molecule has 5 rings (SSSR count). The predicted octanol–water partition coefficient (Wildman–Crippen LogP) is 4.70.